The van der Waals surface area contributed by atoms with Crippen LogP contribution in [0, 0.1) is 6.92 Å². The molecule has 2 heterocycles. The predicted molar refractivity (Wildman–Crippen MR) is 120 cm³/mol. The minimum atomic E-state index is -3.82. The Bertz CT molecular complexity index is 1190. The van der Waals surface area contributed by atoms with Gasteiger partial charge in [0.25, 0.3) is 0 Å². The van der Waals surface area contributed by atoms with E-state index in [9.17, 15) is 21.6 Å². The molecular weight excluding hydrogens is 438 g/mol. The number of nitrogens with zero attached hydrogens (tertiary/aromatic N) is 1. The number of sulfone groups is 1. The number of aliphatic imine (C=N–C) groups is 1. The van der Waals surface area contributed by atoms with Crippen LogP contribution < -0.4 is 0 Å². The first kappa shape index (κ1) is 23.7. The van der Waals surface area contributed by atoms with Crippen LogP contribution in [-0.2, 0) is 29.6 Å². The Kier molecular flexibility index (Phi) is 6.23. The van der Waals surface area contributed by atoms with E-state index in [2.05, 4.69) is 4.99 Å². The van der Waals surface area contributed by atoms with Crippen molar-refractivity contribution >= 4 is 32.0 Å². The minimum absolute atomic E-state index is 0.0148. The molecule has 0 fully saturated rings. The van der Waals surface area contributed by atoms with Gasteiger partial charge in [-0.25, -0.2) is 8.42 Å². The first-order valence-corrected chi connectivity index (χ1v) is 13.6. The lowest BCUT2D eigenvalue weighted by atomic mass is 9.81. The van der Waals surface area contributed by atoms with Gasteiger partial charge in [0, 0.05) is 29.7 Å². The number of fused-ring (bicyclic) bond motifs is 1. The standard InChI is InChI=1S/C22H29NO6S2/c1-6-11-31(27,28)29-18-9-7-14(2)23-12-17(18)21(24)16-8-10-19-20(15(16)3)22(4,5)13-30(19,25)26/h8,10,12,14H,6-7,9,11,13H2,1-5H3. The van der Waals surface area contributed by atoms with Gasteiger partial charge in [0.05, 0.1) is 22.0 Å². The normalized spacial score (nSPS) is 22.2. The summed E-state index contributed by atoms with van der Waals surface area (Å²) < 4.78 is 55.1. The van der Waals surface area contributed by atoms with E-state index in [1.54, 1.807) is 13.8 Å². The second-order valence-corrected chi connectivity index (χ2v) is 12.6. The highest BCUT2D eigenvalue weighted by Crippen LogP contribution is 2.42. The molecule has 2 aliphatic heterocycles. The van der Waals surface area contributed by atoms with E-state index in [-0.39, 0.29) is 40.2 Å². The zero-order valence-corrected chi connectivity index (χ0v) is 20.2. The van der Waals surface area contributed by atoms with Gasteiger partial charge in [-0.15, -0.1) is 0 Å². The molecule has 0 spiro atoms. The van der Waals surface area contributed by atoms with E-state index in [1.165, 1.54) is 18.3 Å². The summed E-state index contributed by atoms with van der Waals surface area (Å²) in [5.41, 5.74) is 1.03. The van der Waals surface area contributed by atoms with E-state index in [0.717, 1.165) is 0 Å². The lowest BCUT2D eigenvalue weighted by molar-refractivity contribution is 0.103. The van der Waals surface area contributed by atoms with Crippen molar-refractivity contribution in [1.29, 1.82) is 0 Å². The first-order chi connectivity index (χ1) is 14.3. The predicted octanol–water partition coefficient (Wildman–Crippen LogP) is 3.51. The molecule has 0 saturated carbocycles. The maximum Gasteiger partial charge on any atom is 0.308 e. The molecule has 1 aromatic rings. The molecule has 2 aliphatic rings. The summed E-state index contributed by atoms with van der Waals surface area (Å²) in [6.07, 6.45) is 2.62. The Labute approximate surface area is 184 Å². The maximum absolute atomic E-state index is 13.5. The van der Waals surface area contributed by atoms with Crippen molar-refractivity contribution in [2.75, 3.05) is 11.5 Å². The van der Waals surface area contributed by atoms with Crippen LogP contribution in [0.2, 0.25) is 0 Å². The fourth-order valence-corrected chi connectivity index (χ4v) is 7.67. The number of allylic oxidation sites excluding steroid dienone is 2. The minimum Gasteiger partial charge on any atom is -0.386 e. The second-order valence-electron chi connectivity index (χ2n) is 8.93. The van der Waals surface area contributed by atoms with Crippen LogP contribution in [0.15, 0.2) is 33.4 Å². The molecule has 0 bridgehead atoms. The molecule has 0 radical (unpaired) electrons. The van der Waals surface area contributed by atoms with Gasteiger partial charge in [-0.2, -0.15) is 8.42 Å². The number of hydrogen-bond acceptors (Lipinski definition) is 7. The highest BCUT2D eigenvalue weighted by molar-refractivity contribution is 7.91. The SMILES string of the molecule is CCCS(=O)(=O)OC1=C(C(=O)c2ccc3c(c2C)C(C)(C)CS3(=O)=O)C=NC(C)CC1. The quantitative estimate of drug-likeness (QED) is 0.468. The lowest BCUT2D eigenvalue weighted by Gasteiger charge is -2.21. The molecule has 0 aliphatic carbocycles. The number of rotatable bonds is 6. The van der Waals surface area contributed by atoms with Gasteiger partial charge in [0.1, 0.15) is 5.76 Å². The summed E-state index contributed by atoms with van der Waals surface area (Å²) in [6.45, 7) is 9.05. The molecule has 1 atom stereocenters. The third-order valence-electron chi connectivity index (χ3n) is 5.71. The molecule has 170 valence electrons. The van der Waals surface area contributed by atoms with Crippen molar-refractivity contribution in [3.8, 4) is 0 Å². The smallest absolute Gasteiger partial charge is 0.308 e. The summed E-state index contributed by atoms with van der Waals surface area (Å²) in [7, 11) is -7.23. The summed E-state index contributed by atoms with van der Waals surface area (Å²) in [6, 6.07) is 2.90. The van der Waals surface area contributed by atoms with Crippen LogP contribution in [0.5, 0.6) is 0 Å². The zero-order valence-electron chi connectivity index (χ0n) is 18.6. The van der Waals surface area contributed by atoms with Crippen molar-refractivity contribution in [3.63, 3.8) is 0 Å². The number of benzene rings is 1. The van der Waals surface area contributed by atoms with E-state index in [1.807, 2.05) is 20.8 Å². The maximum atomic E-state index is 13.5. The van der Waals surface area contributed by atoms with Gasteiger partial charge in [-0.05, 0) is 49.9 Å². The Hall–Kier alpha value is -2.00. The molecular formula is C22H29NO6S2. The third-order valence-corrected chi connectivity index (χ3v) is 9.18. The fourth-order valence-electron chi connectivity index (χ4n) is 4.34. The van der Waals surface area contributed by atoms with Crippen LogP contribution in [0.1, 0.15) is 68.4 Å². The van der Waals surface area contributed by atoms with Gasteiger partial charge in [-0.1, -0.05) is 20.8 Å². The fraction of sp³-hybridized carbons (Fsp3) is 0.545. The molecule has 0 saturated heterocycles. The summed E-state index contributed by atoms with van der Waals surface area (Å²) in [4.78, 5) is 18.1. The van der Waals surface area contributed by atoms with Gasteiger partial charge >= 0.3 is 10.1 Å². The van der Waals surface area contributed by atoms with Crippen molar-refractivity contribution in [2.45, 2.75) is 70.2 Å². The molecule has 0 N–H and O–H groups in total. The Morgan fingerprint density at radius 2 is 1.97 bits per heavy atom. The van der Waals surface area contributed by atoms with E-state index >= 15 is 0 Å². The van der Waals surface area contributed by atoms with Crippen molar-refractivity contribution in [2.24, 2.45) is 4.99 Å². The molecule has 0 amide bonds. The van der Waals surface area contributed by atoms with Crippen LogP contribution >= 0.6 is 0 Å². The Balaban J connectivity index is 2.14. The summed E-state index contributed by atoms with van der Waals surface area (Å²) >= 11 is 0. The van der Waals surface area contributed by atoms with Gasteiger partial charge < -0.3 is 4.18 Å². The van der Waals surface area contributed by atoms with Crippen LogP contribution in [-0.4, -0.2) is 46.4 Å². The van der Waals surface area contributed by atoms with Crippen molar-refractivity contribution in [3.05, 3.63) is 40.2 Å². The topological polar surface area (TPSA) is 107 Å². The van der Waals surface area contributed by atoms with Crippen LogP contribution in [0.25, 0.3) is 0 Å². The lowest BCUT2D eigenvalue weighted by Crippen LogP contribution is -2.21. The monoisotopic (exact) mass is 467 g/mol. The molecule has 31 heavy (non-hydrogen) atoms. The molecule has 0 aromatic heterocycles. The molecule has 1 unspecified atom stereocenters. The average Bonchev–Trinajstić information content (AvgIpc) is 2.73. The third kappa shape index (κ3) is 4.62. The van der Waals surface area contributed by atoms with E-state index in [0.29, 0.717) is 29.5 Å². The Morgan fingerprint density at radius 1 is 1.29 bits per heavy atom. The van der Waals surface area contributed by atoms with Gasteiger partial charge in [-0.3, -0.25) is 9.79 Å². The first-order valence-electron chi connectivity index (χ1n) is 10.4. The molecule has 1 aromatic carbocycles. The zero-order chi connectivity index (χ0) is 23.2. The van der Waals surface area contributed by atoms with Gasteiger partial charge in [0.15, 0.2) is 15.6 Å². The van der Waals surface area contributed by atoms with E-state index in [4.69, 9.17) is 4.18 Å². The average molecular weight is 468 g/mol. The summed E-state index contributed by atoms with van der Waals surface area (Å²) in [5.74, 6) is -0.480. The van der Waals surface area contributed by atoms with Gasteiger partial charge in [0.2, 0.25) is 0 Å². The largest absolute Gasteiger partial charge is 0.386 e. The number of ketones is 1. The van der Waals surface area contributed by atoms with Crippen LogP contribution in [0.3, 0.4) is 0 Å². The number of carbonyl (C=O) groups excluding carboxylic acids is 1. The Morgan fingerprint density at radius 3 is 2.61 bits per heavy atom. The molecule has 3 rings (SSSR count). The molecule has 7 nitrogen and oxygen atoms in total. The molecule has 9 heteroatoms. The second kappa shape index (κ2) is 8.16. The number of Topliss-reactive ketones (excluding diaryl/α,β-unsaturated/α-hetero) is 1. The summed E-state index contributed by atoms with van der Waals surface area (Å²) in [5, 5.41) is 0. The number of hydrogen-bond donors (Lipinski definition) is 0. The van der Waals surface area contributed by atoms with E-state index < -0.39 is 31.2 Å². The highest BCUT2D eigenvalue weighted by atomic mass is 32.2. The van der Waals surface area contributed by atoms with Crippen molar-refractivity contribution in [1.82, 2.24) is 0 Å². The van der Waals surface area contributed by atoms with Crippen molar-refractivity contribution < 1.29 is 25.8 Å². The number of carbonyl (C=O) groups is 1. The highest BCUT2D eigenvalue weighted by Gasteiger charge is 2.42. The van der Waals surface area contributed by atoms with Crippen LogP contribution in [0.4, 0.5) is 0 Å².